The molecule has 0 saturated carbocycles. The third kappa shape index (κ3) is 3.64. The van der Waals surface area contributed by atoms with E-state index in [1.165, 1.54) is 11.8 Å². The Balaban J connectivity index is 2.04. The average Bonchev–Trinajstić information content (AvgIpc) is 2.41. The quantitative estimate of drug-likeness (QED) is 0.871. The van der Waals surface area contributed by atoms with E-state index >= 15 is 0 Å². The zero-order valence-electron chi connectivity index (χ0n) is 10.6. The van der Waals surface area contributed by atoms with Crippen molar-refractivity contribution in [1.29, 1.82) is 0 Å². The van der Waals surface area contributed by atoms with Gasteiger partial charge in [0, 0.05) is 5.75 Å². The van der Waals surface area contributed by atoms with E-state index < -0.39 is 6.04 Å². The molecule has 1 aliphatic rings. The number of carbonyl (C=O) groups is 2. The monoisotopic (exact) mass is 280 g/mol. The molecule has 2 N–H and O–H groups in total. The Bertz CT molecular complexity index is 479. The van der Waals surface area contributed by atoms with Crippen molar-refractivity contribution in [1.82, 2.24) is 5.32 Å². The minimum absolute atomic E-state index is 0.102. The van der Waals surface area contributed by atoms with E-state index in [4.69, 9.17) is 4.74 Å². The highest BCUT2D eigenvalue weighted by Crippen LogP contribution is 2.24. The normalized spacial score (nSPS) is 18.6. The molecule has 1 atom stereocenters. The molecule has 0 aliphatic carbocycles. The average molecular weight is 280 g/mol. The highest BCUT2D eigenvalue weighted by molar-refractivity contribution is 8.00. The van der Waals surface area contributed by atoms with Gasteiger partial charge in [-0.3, -0.25) is 9.59 Å². The third-order valence-electron chi connectivity index (χ3n) is 2.61. The number of amides is 2. The number of nitrogens with one attached hydrogen (secondary N) is 2. The number of benzene rings is 1. The zero-order chi connectivity index (χ0) is 13.7. The molecule has 102 valence electrons. The fourth-order valence-corrected chi connectivity index (χ4v) is 2.62. The summed E-state index contributed by atoms with van der Waals surface area (Å²) in [6.45, 7) is 2.42. The van der Waals surface area contributed by atoms with Crippen LogP contribution in [0.1, 0.15) is 6.92 Å². The van der Waals surface area contributed by atoms with Gasteiger partial charge >= 0.3 is 0 Å². The summed E-state index contributed by atoms with van der Waals surface area (Å²) in [6.07, 6.45) is 0. The second-order valence-corrected chi connectivity index (χ2v) is 5.08. The molecule has 0 aromatic heterocycles. The summed E-state index contributed by atoms with van der Waals surface area (Å²) in [5.74, 6) is 1.32. The number of para-hydroxylation sites is 2. The van der Waals surface area contributed by atoms with E-state index in [9.17, 15) is 9.59 Å². The first-order chi connectivity index (χ1) is 9.20. The zero-order valence-corrected chi connectivity index (χ0v) is 11.5. The molecule has 1 saturated heterocycles. The molecule has 1 heterocycles. The lowest BCUT2D eigenvalue weighted by Gasteiger charge is -2.22. The summed E-state index contributed by atoms with van der Waals surface area (Å²) in [5.41, 5.74) is 0.624. The standard InChI is InChI=1S/C13H16N2O3S/c1-2-18-11-6-4-3-5-9(11)15-13(17)10-7-19-8-12(16)14-10/h3-6,10H,2,7-8H2,1H3,(H,14,16)(H,15,17). The summed E-state index contributed by atoms with van der Waals surface area (Å²) in [6, 6.07) is 6.76. The number of hydrogen-bond donors (Lipinski definition) is 2. The number of hydrogen-bond acceptors (Lipinski definition) is 4. The van der Waals surface area contributed by atoms with Crippen LogP contribution in [0.4, 0.5) is 5.69 Å². The van der Waals surface area contributed by atoms with Crippen molar-refractivity contribution in [3.05, 3.63) is 24.3 Å². The van der Waals surface area contributed by atoms with Crippen LogP contribution in [-0.2, 0) is 9.59 Å². The van der Waals surface area contributed by atoms with E-state index in [1.807, 2.05) is 19.1 Å². The van der Waals surface area contributed by atoms with Crippen LogP contribution in [0.15, 0.2) is 24.3 Å². The van der Waals surface area contributed by atoms with Crippen molar-refractivity contribution in [2.24, 2.45) is 0 Å². The Morgan fingerprint density at radius 1 is 1.53 bits per heavy atom. The van der Waals surface area contributed by atoms with E-state index in [-0.39, 0.29) is 11.8 Å². The fraction of sp³-hybridized carbons (Fsp3) is 0.385. The first-order valence-electron chi connectivity index (χ1n) is 6.10. The molecule has 0 radical (unpaired) electrons. The number of carbonyl (C=O) groups excluding carboxylic acids is 2. The van der Waals surface area contributed by atoms with Crippen molar-refractivity contribution in [2.45, 2.75) is 13.0 Å². The Hall–Kier alpha value is -1.69. The second kappa shape index (κ2) is 6.47. The highest BCUT2D eigenvalue weighted by Gasteiger charge is 2.25. The summed E-state index contributed by atoms with van der Waals surface area (Å²) >= 11 is 1.46. The van der Waals surface area contributed by atoms with Gasteiger partial charge in [0.1, 0.15) is 11.8 Å². The third-order valence-corrected chi connectivity index (χ3v) is 3.65. The van der Waals surface area contributed by atoms with Crippen molar-refractivity contribution >= 4 is 29.3 Å². The molecule has 0 bridgehead atoms. The smallest absolute Gasteiger partial charge is 0.247 e. The Morgan fingerprint density at radius 2 is 2.32 bits per heavy atom. The molecule has 1 fully saturated rings. The van der Waals surface area contributed by atoms with Crippen LogP contribution in [0.25, 0.3) is 0 Å². The van der Waals surface area contributed by atoms with Gasteiger partial charge in [0.25, 0.3) is 0 Å². The van der Waals surface area contributed by atoms with Crippen molar-refractivity contribution in [3.8, 4) is 5.75 Å². The number of anilines is 1. The lowest BCUT2D eigenvalue weighted by molar-refractivity contribution is -0.124. The van der Waals surface area contributed by atoms with Crippen molar-refractivity contribution in [2.75, 3.05) is 23.4 Å². The van der Waals surface area contributed by atoms with Crippen LogP contribution in [0.3, 0.4) is 0 Å². The van der Waals surface area contributed by atoms with E-state index in [2.05, 4.69) is 10.6 Å². The van der Waals surface area contributed by atoms with Gasteiger partial charge in [-0.2, -0.15) is 0 Å². The fourth-order valence-electron chi connectivity index (χ4n) is 1.76. The first-order valence-corrected chi connectivity index (χ1v) is 7.26. The van der Waals surface area contributed by atoms with Crippen LogP contribution in [0, 0.1) is 0 Å². The molecule has 1 aromatic rings. The van der Waals surface area contributed by atoms with E-state index in [1.54, 1.807) is 12.1 Å². The molecule has 19 heavy (non-hydrogen) atoms. The summed E-state index contributed by atoms with van der Waals surface area (Å²) < 4.78 is 5.44. The number of thioether (sulfide) groups is 1. The summed E-state index contributed by atoms with van der Waals surface area (Å²) in [7, 11) is 0. The SMILES string of the molecule is CCOc1ccccc1NC(=O)C1CSCC(=O)N1. The van der Waals surface area contributed by atoms with Crippen molar-refractivity contribution < 1.29 is 14.3 Å². The van der Waals surface area contributed by atoms with Crippen LogP contribution < -0.4 is 15.4 Å². The maximum atomic E-state index is 12.1. The van der Waals surface area contributed by atoms with Gasteiger partial charge in [0.2, 0.25) is 11.8 Å². The molecule has 1 aliphatic heterocycles. The van der Waals surface area contributed by atoms with Crippen LogP contribution >= 0.6 is 11.8 Å². The Morgan fingerprint density at radius 3 is 3.05 bits per heavy atom. The minimum atomic E-state index is -0.485. The number of rotatable bonds is 4. The molecular formula is C13H16N2O3S. The van der Waals surface area contributed by atoms with Gasteiger partial charge < -0.3 is 15.4 Å². The van der Waals surface area contributed by atoms with Gasteiger partial charge in [-0.1, -0.05) is 12.1 Å². The lowest BCUT2D eigenvalue weighted by atomic mass is 10.2. The van der Waals surface area contributed by atoms with E-state index in [0.717, 1.165) is 0 Å². The topological polar surface area (TPSA) is 67.4 Å². The Kier molecular flexibility index (Phi) is 4.68. The largest absolute Gasteiger partial charge is 0.492 e. The molecule has 1 aromatic carbocycles. The predicted octanol–water partition coefficient (Wildman–Crippen LogP) is 1.26. The minimum Gasteiger partial charge on any atom is -0.492 e. The van der Waals surface area contributed by atoms with Gasteiger partial charge in [-0.15, -0.1) is 11.8 Å². The Labute approximate surface area is 116 Å². The second-order valence-electron chi connectivity index (χ2n) is 4.05. The predicted molar refractivity (Wildman–Crippen MR) is 75.5 cm³/mol. The summed E-state index contributed by atoms with van der Waals surface area (Å²) in [4.78, 5) is 23.3. The molecule has 1 unspecified atom stereocenters. The molecular weight excluding hydrogens is 264 g/mol. The molecule has 5 nitrogen and oxygen atoms in total. The van der Waals surface area contributed by atoms with Crippen LogP contribution in [0.5, 0.6) is 5.75 Å². The van der Waals surface area contributed by atoms with Crippen molar-refractivity contribution in [3.63, 3.8) is 0 Å². The molecule has 0 spiro atoms. The molecule has 2 amide bonds. The van der Waals surface area contributed by atoms with Crippen LogP contribution in [0.2, 0.25) is 0 Å². The summed E-state index contributed by atoms with van der Waals surface area (Å²) in [5, 5.41) is 5.47. The van der Waals surface area contributed by atoms with Gasteiger partial charge in [-0.25, -0.2) is 0 Å². The lowest BCUT2D eigenvalue weighted by Crippen LogP contribution is -2.49. The van der Waals surface area contributed by atoms with Gasteiger partial charge in [0.15, 0.2) is 0 Å². The maximum absolute atomic E-state index is 12.1. The van der Waals surface area contributed by atoms with Gasteiger partial charge in [0.05, 0.1) is 18.0 Å². The maximum Gasteiger partial charge on any atom is 0.247 e. The highest BCUT2D eigenvalue weighted by atomic mass is 32.2. The van der Waals surface area contributed by atoms with Crippen LogP contribution in [-0.4, -0.2) is 36.0 Å². The van der Waals surface area contributed by atoms with Gasteiger partial charge in [-0.05, 0) is 19.1 Å². The molecule has 2 rings (SSSR count). The number of ether oxygens (including phenoxy) is 1. The van der Waals surface area contributed by atoms with E-state index in [0.29, 0.717) is 29.5 Å². The molecule has 6 heteroatoms. The first kappa shape index (κ1) is 13.7.